The predicted octanol–water partition coefficient (Wildman–Crippen LogP) is 4.05. The van der Waals surface area contributed by atoms with Gasteiger partial charge in [0.1, 0.15) is 16.1 Å². The summed E-state index contributed by atoms with van der Waals surface area (Å²) in [6.07, 6.45) is 1.82. The van der Waals surface area contributed by atoms with Crippen molar-refractivity contribution in [2.45, 2.75) is 6.92 Å². The zero-order valence-electron chi connectivity index (χ0n) is 12.1. The van der Waals surface area contributed by atoms with Crippen LogP contribution >= 0.6 is 22.7 Å². The molecule has 0 aliphatic heterocycles. The summed E-state index contributed by atoms with van der Waals surface area (Å²) in [6.45, 7) is 1.82. The summed E-state index contributed by atoms with van der Waals surface area (Å²) in [5.41, 5.74) is 4.69. The first-order valence-electron chi connectivity index (χ1n) is 6.86. The number of hydrogen-bond acceptors (Lipinski definition) is 6. The number of carbonyl (C=O) groups excluding carboxylic acids is 1. The molecule has 0 bridgehead atoms. The van der Waals surface area contributed by atoms with E-state index in [2.05, 4.69) is 10.1 Å². The minimum absolute atomic E-state index is 0.407. The number of aryl methyl sites for hydroxylation is 1. The van der Waals surface area contributed by atoms with Crippen LogP contribution in [0.15, 0.2) is 46.7 Å². The summed E-state index contributed by atoms with van der Waals surface area (Å²) >= 11 is 2.85. The van der Waals surface area contributed by atoms with Crippen LogP contribution in [0.5, 0.6) is 5.75 Å². The van der Waals surface area contributed by atoms with E-state index in [1.54, 1.807) is 21.4 Å². The van der Waals surface area contributed by atoms with Crippen LogP contribution in [0.4, 0.5) is 0 Å². The van der Waals surface area contributed by atoms with Gasteiger partial charge in [0.2, 0.25) is 0 Å². The third-order valence-electron chi connectivity index (χ3n) is 3.40. The molecular formula is C16H11N3O2S2. The van der Waals surface area contributed by atoms with Crippen LogP contribution in [0.3, 0.4) is 0 Å². The van der Waals surface area contributed by atoms with E-state index in [1.165, 1.54) is 11.3 Å². The second-order valence-corrected chi connectivity index (χ2v) is 6.51. The summed E-state index contributed by atoms with van der Waals surface area (Å²) in [5, 5.41) is 8.27. The second-order valence-electron chi connectivity index (χ2n) is 4.88. The summed E-state index contributed by atoms with van der Waals surface area (Å²) in [7, 11) is 0. The minimum Gasteiger partial charge on any atom is -0.418 e. The van der Waals surface area contributed by atoms with Gasteiger partial charge in [-0.3, -0.25) is 0 Å². The molecule has 5 nitrogen and oxygen atoms in total. The number of ether oxygens (including phenoxy) is 1. The number of rotatable bonds is 3. The molecule has 0 spiro atoms. The molecule has 4 aromatic rings. The fraction of sp³-hybridized carbons (Fsp3) is 0.0625. The minimum atomic E-state index is -0.407. The Kier molecular flexibility index (Phi) is 3.44. The molecule has 0 unspecified atom stereocenters. The van der Waals surface area contributed by atoms with E-state index in [9.17, 15) is 4.79 Å². The van der Waals surface area contributed by atoms with E-state index >= 15 is 0 Å². The number of esters is 1. The number of pyridine rings is 1. The Morgan fingerprint density at radius 2 is 2.22 bits per heavy atom. The molecule has 0 aromatic carbocycles. The first kappa shape index (κ1) is 14.1. The number of nitrogens with zero attached hydrogens (tertiary/aromatic N) is 3. The van der Waals surface area contributed by atoms with Gasteiger partial charge >= 0.3 is 5.97 Å². The largest absolute Gasteiger partial charge is 0.418 e. The van der Waals surface area contributed by atoms with Crippen LogP contribution in [0, 0.1) is 6.92 Å². The lowest BCUT2D eigenvalue weighted by atomic mass is 10.2. The van der Waals surface area contributed by atoms with Crippen molar-refractivity contribution in [1.29, 1.82) is 0 Å². The fourth-order valence-corrected chi connectivity index (χ4v) is 3.68. The molecule has 0 radical (unpaired) electrons. The number of thiazole rings is 1. The van der Waals surface area contributed by atoms with Crippen molar-refractivity contribution in [2.24, 2.45) is 0 Å². The number of aromatic nitrogens is 3. The zero-order valence-corrected chi connectivity index (χ0v) is 13.7. The van der Waals surface area contributed by atoms with Crippen molar-refractivity contribution in [2.75, 3.05) is 0 Å². The van der Waals surface area contributed by atoms with E-state index in [0.717, 1.165) is 11.1 Å². The molecule has 4 aromatic heterocycles. The van der Waals surface area contributed by atoms with Gasteiger partial charge in [0.25, 0.3) is 0 Å². The molecular weight excluding hydrogens is 330 g/mol. The Hall–Kier alpha value is -2.51. The van der Waals surface area contributed by atoms with Gasteiger partial charge in [-0.1, -0.05) is 6.07 Å². The molecule has 4 rings (SSSR count). The standard InChI is InChI=1S/C16H11N3O2S2/c1-10-14(12-4-2-3-6-19(12)18-10)21-16(20)15-13(17-9-23-15)11-5-7-22-8-11/h2-9H,1H3. The highest BCUT2D eigenvalue weighted by Crippen LogP contribution is 2.30. The van der Waals surface area contributed by atoms with Gasteiger partial charge in [0, 0.05) is 17.1 Å². The maximum Gasteiger partial charge on any atom is 0.356 e. The van der Waals surface area contributed by atoms with E-state index in [-0.39, 0.29) is 0 Å². The highest BCUT2D eigenvalue weighted by Gasteiger charge is 2.21. The van der Waals surface area contributed by atoms with Crippen molar-refractivity contribution in [3.05, 3.63) is 57.3 Å². The zero-order chi connectivity index (χ0) is 15.8. The Morgan fingerprint density at radius 1 is 1.30 bits per heavy atom. The van der Waals surface area contributed by atoms with Gasteiger partial charge in [0.05, 0.1) is 11.2 Å². The predicted molar refractivity (Wildman–Crippen MR) is 90.3 cm³/mol. The molecule has 4 heterocycles. The molecule has 114 valence electrons. The van der Waals surface area contributed by atoms with Gasteiger partial charge < -0.3 is 4.74 Å². The highest BCUT2D eigenvalue weighted by atomic mass is 32.1. The third-order valence-corrected chi connectivity index (χ3v) is 4.89. The Bertz CT molecular complexity index is 986. The van der Waals surface area contributed by atoms with E-state index in [0.29, 0.717) is 22.0 Å². The number of hydrogen-bond donors (Lipinski definition) is 0. The molecule has 0 aliphatic rings. The SMILES string of the molecule is Cc1nn2ccccc2c1OC(=O)c1scnc1-c1ccsc1. The normalized spacial score (nSPS) is 11.0. The van der Waals surface area contributed by atoms with Crippen LogP contribution in [0.25, 0.3) is 16.8 Å². The quantitative estimate of drug-likeness (QED) is 0.528. The summed E-state index contributed by atoms with van der Waals surface area (Å²) < 4.78 is 7.33. The third kappa shape index (κ3) is 2.43. The fourth-order valence-electron chi connectivity index (χ4n) is 2.35. The summed E-state index contributed by atoms with van der Waals surface area (Å²) in [6, 6.07) is 7.58. The molecule has 0 fully saturated rings. The molecule has 0 amide bonds. The Labute approximate surface area is 139 Å². The van der Waals surface area contributed by atoms with Crippen LogP contribution in [-0.2, 0) is 0 Å². The van der Waals surface area contributed by atoms with Crippen molar-refractivity contribution in [3.8, 4) is 17.0 Å². The van der Waals surface area contributed by atoms with Crippen molar-refractivity contribution in [1.82, 2.24) is 14.6 Å². The van der Waals surface area contributed by atoms with E-state index in [4.69, 9.17) is 4.74 Å². The molecule has 0 atom stereocenters. The van der Waals surface area contributed by atoms with Crippen LogP contribution in [0.2, 0.25) is 0 Å². The molecule has 0 N–H and O–H groups in total. The number of thiophene rings is 1. The molecule has 23 heavy (non-hydrogen) atoms. The van der Waals surface area contributed by atoms with Crippen molar-refractivity contribution < 1.29 is 9.53 Å². The molecule has 0 aliphatic carbocycles. The van der Waals surface area contributed by atoms with Crippen molar-refractivity contribution in [3.63, 3.8) is 0 Å². The monoisotopic (exact) mass is 341 g/mol. The second kappa shape index (κ2) is 5.60. The lowest BCUT2D eigenvalue weighted by Gasteiger charge is -2.03. The Morgan fingerprint density at radius 3 is 3.04 bits per heavy atom. The average Bonchev–Trinajstić information content (AvgIpc) is 3.26. The van der Waals surface area contributed by atoms with Gasteiger partial charge in [-0.25, -0.2) is 14.3 Å². The Balaban J connectivity index is 1.71. The van der Waals surface area contributed by atoms with Gasteiger partial charge in [-0.15, -0.1) is 11.3 Å². The molecule has 0 saturated heterocycles. The van der Waals surface area contributed by atoms with Gasteiger partial charge in [0.15, 0.2) is 5.75 Å². The van der Waals surface area contributed by atoms with E-state index in [1.807, 2.05) is 48.1 Å². The lowest BCUT2D eigenvalue weighted by molar-refractivity contribution is 0.0741. The van der Waals surface area contributed by atoms with Crippen LogP contribution < -0.4 is 4.74 Å². The van der Waals surface area contributed by atoms with Crippen LogP contribution in [0.1, 0.15) is 15.4 Å². The van der Waals surface area contributed by atoms with Gasteiger partial charge in [-0.2, -0.15) is 16.4 Å². The van der Waals surface area contributed by atoms with E-state index < -0.39 is 5.97 Å². The average molecular weight is 341 g/mol. The molecule has 0 saturated carbocycles. The van der Waals surface area contributed by atoms with Crippen LogP contribution in [-0.4, -0.2) is 20.6 Å². The number of fused-ring (bicyclic) bond motifs is 1. The number of carbonyl (C=O) groups is 1. The first-order chi connectivity index (χ1) is 11.2. The first-order valence-corrected chi connectivity index (χ1v) is 8.68. The molecule has 7 heteroatoms. The highest BCUT2D eigenvalue weighted by molar-refractivity contribution is 7.12. The lowest BCUT2D eigenvalue weighted by Crippen LogP contribution is -2.08. The summed E-state index contributed by atoms with van der Waals surface area (Å²) in [4.78, 5) is 17.4. The topological polar surface area (TPSA) is 56.5 Å². The summed E-state index contributed by atoms with van der Waals surface area (Å²) in [5.74, 6) is 0.0795. The van der Waals surface area contributed by atoms with Gasteiger partial charge in [-0.05, 0) is 30.5 Å². The maximum atomic E-state index is 12.6. The smallest absolute Gasteiger partial charge is 0.356 e. The maximum absolute atomic E-state index is 12.6. The van der Waals surface area contributed by atoms with Crippen molar-refractivity contribution >= 4 is 34.2 Å².